The summed E-state index contributed by atoms with van der Waals surface area (Å²) in [6.45, 7) is -0.194. The minimum atomic E-state index is -3.77. The zero-order chi connectivity index (χ0) is 12.2. The monoisotopic (exact) mass is 265 g/mol. The second-order valence-electron chi connectivity index (χ2n) is 2.73. The number of aliphatic carboxylic acids is 1. The molecule has 0 aromatic carbocycles. The smallest absolute Gasteiger partial charge is 0.304 e. The quantitative estimate of drug-likeness (QED) is 0.719. The Kier molecular flexibility index (Phi) is 4.16. The topological polar surface area (TPSA) is 109 Å². The molecule has 0 saturated carbocycles. The Balaban J connectivity index is 2.71. The summed E-state index contributed by atoms with van der Waals surface area (Å²) in [7, 11) is -3.77. The number of carboxylic acid groups (broad SMARTS) is 1. The second-order valence-corrected chi connectivity index (χ2v) is 4.83. The van der Waals surface area contributed by atoms with E-state index >= 15 is 0 Å². The third kappa shape index (κ3) is 3.72. The van der Waals surface area contributed by atoms with Crippen LogP contribution in [0.25, 0.3) is 0 Å². The Morgan fingerprint density at radius 1 is 1.44 bits per heavy atom. The summed E-state index contributed by atoms with van der Waals surface area (Å²) in [5, 5.41) is 8.28. The Labute approximate surface area is 96.5 Å². The Hall–Kier alpha value is -1.25. The van der Waals surface area contributed by atoms with Gasteiger partial charge in [-0.1, -0.05) is 0 Å². The van der Waals surface area contributed by atoms with Gasteiger partial charge in [0.25, 0.3) is 0 Å². The number of aromatic nitrogens is 2. The first-order valence-corrected chi connectivity index (χ1v) is 5.97. The second kappa shape index (κ2) is 5.19. The molecule has 7 nitrogen and oxygen atoms in total. The van der Waals surface area contributed by atoms with E-state index in [1.807, 2.05) is 0 Å². The van der Waals surface area contributed by atoms with Crippen molar-refractivity contribution < 1.29 is 18.3 Å². The molecule has 1 aromatic heterocycles. The lowest BCUT2D eigenvalue weighted by atomic mass is 10.5. The van der Waals surface area contributed by atoms with E-state index < -0.39 is 16.0 Å². The summed E-state index contributed by atoms with van der Waals surface area (Å²) in [6, 6.07) is 0. The first-order valence-electron chi connectivity index (χ1n) is 4.11. The van der Waals surface area contributed by atoms with E-state index in [0.29, 0.717) is 0 Å². The molecular weight excluding hydrogens is 258 g/mol. The van der Waals surface area contributed by atoms with E-state index in [-0.39, 0.29) is 23.1 Å². The van der Waals surface area contributed by atoms with Gasteiger partial charge in [0.2, 0.25) is 15.3 Å². The van der Waals surface area contributed by atoms with Gasteiger partial charge in [-0.15, -0.1) is 0 Å². The van der Waals surface area contributed by atoms with Crippen molar-refractivity contribution >= 4 is 27.6 Å². The van der Waals surface area contributed by atoms with Crippen LogP contribution in [0.2, 0.25) is 5.28 Å². The van der Waals surface area contributed by atoms with E-state index in [1.165, 1.54) is 0 Å². The lowest BCUT2D eigenvalue weighted by Crippen LogP contribution is -2.26. The highest BCUT2D eigenvalue weighted by Crippen LogP contribution is 2.07. The van der Waals surface area contributed by atoms with Crippen LogP contribution in [-0.2, 0) is 14.8 Å². The number of hydrogen-bond donors (Lipinski definition) is 2. The summed E-state index contributed by atoms with van der Waals surface area (Å²) >= 11 is 5.39. The molecule has 0 fully saturated rings. The fourth-order valence-corrected chi connectivity index (χ4v) is 1.83. The van der Waals surface area contributed by atoms with E-state index in [9.17, 15) is 13.2 Å². The van der Waals surface area contributed by atoms with Crippen molar-refractivity contribution in [1.82, 2.24) is 14.7 Å². The van der Waals surface area contributed by atoms with Crippen LogP contribution in [-0.4, -0.2) is 36.0 Å². The standard InChI is InChI=1S/C7H8ClN3O4S/c8-7-9-3-5(4-10-7)16(14,15)11-2-1-6(12)13/h3-4,11H,1-2H2,(H,12,13). The average Bonchev–Trinajstić information content (AvgIpc) is 2.17. The van der Waals surface area contributed by atoms with Gasteiger partial charge in [0, 0.05) is 6.54 Å². The molecule has 0 unspecified atom stereocenters. The van der Waals surface area contributed by atoms with Crippen LogP contribution in [0.3, 0.4) is 0 Å². The minimum Gasteiger partial charge on any atom is -0.481 e. The number of carbonyl (C=O) groups is 1. The highest BCUT2D eigenvalue weighted by molar-refractivity contribution is 7.89. The number of carboxylic acids is 1. The molecule has 0 aliphatic rings. The van der Waals surface area contributed by atoms with Gasteiger partial charge in [-0.25, -0.2) is 23.1 Å². The van der Waals surface area contributed by atoms with Crippen LogP contribution < -0.4 is 4.72 Å². The van der Waals surface area contributed by atoms with Gasteiger partial charge in [-0.05, 0) is 11.6 Å². The Morgan fingerprint density at radius 3 is 2.50 bits per heavy atom. The van der Waals surface area contributed by atoms with Crippen molar-refractivity contribution in [2.45, 2.75) is 11.3 Å². The van der Waals surface area contributed by atoms with Crippen molar-refractivity contribution in [2.24, 2.45) is 0 Å². The molecule has 0 radical (unpaired) electrons. The lowest BCUT2D eigenvalue weighted by Gasteiger charge is -2.04. The fraction of sp³-hybridized carbons (Fsp3) is 0.286. The van der Waals surface area contributed by atoms with Crippen molar-refractivity contribution in [1.29, 1.82) is 0 Å². The lowest BCUT2D eigenvalue weighted by molar-refractivity contribution is -0.136. The van der Waals surface area contributed by atoms with Crippen molar-refractivity contribution in [3.63, 3.8) is 0 Å². The van der Waals surface area contributed by atoms with Gasteiger partial charge in [-0.3, -0.25) is 4.79 Å². The summed E-state index contributed by atoms with van der Waals surface area (Å²) in [4.78, 5) is 17.0. The SMILES string of the molecule is O=C(O)CCNS(=O)(=O)c1cnc(Cl)nc1. The first-order chi connectivity index (χ1) is 7.42. The summed E-state index contributed by atoms with van der Waals surface area (Å²) in [5.41, 5.74) is 0. The number of halogens is 1. The molecule has 2 N–H and O–H groups in total. The molecule has 0 spiro atoms. The maximum Gasteiger partial charge on any atom is 0.304 e. The maximum absolute atomic E-state index is 11.5. The molecule has 0 amide bonds. The molecule has 0 aliphatic carbocycles. The van der Waals surface area contributed by atoms with E-state index in [4.69, 9.17) is 16.7 Å². The van der Waals surface area contributed by atoms with E-state index in [0.717, 1.165) is 12.4 Å². The number of rotatable bonds is 5. The van der Waals surface area contributed by atoms with Crippen LogP contribution in [0, 0.1) is 0 Å². The largest absolute Gasteiger partial charge is 0.481 e. The van der Waals surface area contributed by atoms with E-state index in [2.05, 4.69) is 14.7 Å². The first kappa shape index (κ1) is 12.8. The molecule has 9 heteroatoms. The van der Waals surface area contributed by atoms with Crippen LogP contribution in [0.1, 0.15) is 6.42 Å². The Morgan fingerprint density at radius 2 is 2.00 bits per heavy atom. The minimum absolute atomic E-state index is 0.0653. The van der Waals surface area contributed by atoms with Gasteiger partial charge < -0.3 is 5.11 Å². The Bertz CT molecular complexity index is 473. The summed E-state index contributed by atoms with van der Waals surface area (Å²) in [5.74, 6) is -1.09. The molecular formula is C7H8ClN3O4S. The predicted molar refractivity (Wildman–Crippen MR) is 54.5 cm³/mol. The van der Waals surface area contributed by atoms with Crippen LogP contribution in [0.4, 0.5) is 0 Å². The molecule has 0 saturated heterocycles. The van der Waals surface area contributed by atoms with Gasteiger partial charge >= 0.3 is 5.97 Å². The molecule has 16 heavy (non-hydrogen) atoms. The van der Waals surface area contributed by atoms with Crippen molar-refractivity contribution in [3.8, 4) is 0 Å². The zero-order valence-corrected chi connectivity index (χ0v) is 9.49. The van der Waals surface area contributed by atoms with E-state index in [1.54, 1.807) is 0 Å². The fourth-order valence-electron chi connectivity index (χ4n) is 0.815. The predicted octanol–water partition coefficient (Wildman–Crippen LogP) is -0.117. The number of nitrogens with zero attached hydrogens (tertiary/aromatic N) is 2. The van der Waals surface area contributed by atoms with Gasteiger partial charge in [0.15, 0.2) is 0 Å². The zero-order valence-electron chi connectivity index (χ0n) is 7.92. The number of sulfonamides is 1. The number of nitrogens with one attached hydrogen (secondary N) is 1. The molecule has 0 bridgehead atoms. The maximum atomic E-state index is 11.5. The molecule has 88 valence electrons. The normalized spacial score (nSPS) is 11.3. The van der Waals surface area contributed by atoms with Crippen LogP contribution in [0.15, 0.2) is 17.3 Å². The summed E-state index contributed by atoms with van der Waals surface area (Å²) < 4.78 is 25.1. The van der Waals surface area contributed by atoms with Gasteiger partial charge in [-0.2, -0.15) is 0 Å². The average molecular weight is 266 g/mol. The molecule has 1 rings (SSSR count). The highest BCUT2D eigenvalue weighted by atomic mass is 35.5. The van der Waals surface area contributed by atoms with Crippen molar-refractivity contribution in [2.75, 3.05) is 6.54 Å². The molecule has 0 aliphatic heterocycles. The van der Waals surface area contributed by atoms with Crippen LogP contribution in [0.5, 0.6) is 0 Å². The van der Waals surface area contributed by atoms with Gasteiger partial charge in [0.1, 0.15) is 4.90 Å². The number of hydrogen-bond acceptors (Lipinski definition) is 5. The third-order valence-electron chi connectivity index (χ3n) is 1.54. The molecule has 1 aromatic rings. The van der Waals surface area contributed by atoms with Crippen molar-refractivity contribution in [3.05, 3.63) is 17.7 Å². The molecule has 1 heterocycles. The highest BCUT2D eigenvalue weighted by Gasteiger charge is 2.14. The molecule has 0 atom stereocenters. The summed E-state index contributed by atoms with van der Waals surface area (Å²) in [6.07, 6.45) is 1.78. The van der Waals surface area contributed by atoms with Gasteiger partial charge in [0.05, 0.1) is 18.8 Å². The van der Waals surface area contributed by atoms with Crippen LogP contribution >= 0.6 is 11.6 Å². The third-order valence-corrected chi connectivity index (χ3v) is 3.15.